The number of ether oxygens (including phenoxy) is 1. The number of rotatable bonds is 5. The average Bonchev–Trinajstić information content (AvgIpc) is 3.24. The number of benzene rings is 2. The molecule has 0 fully saturated rings. The summed E-state index contributed by atoms with van der Waals surface area (Å²) < 4.78 is 7.52. The van der Waals surface area contributed by atoms with E-state index in [4.69, 9.17) is 16.3 Å². The first-order valence-corrected chi connectivity index (χ1v) is 9.57. The van der Waals surface area contributed by atoms with Gasteiger partial charge in [0.25, 0.3) is 5.91 Å². The number of hydrogen-bond acceptors (Lipinski definition) is 4. The number of thiazole rings is 1. The number of aryl methyl sites for hydroxylation is 1. The van der Waals surface area contributed by atoms with Gasteiger partial charge in [0.05, 0.1) is 0 Å². The summed E-state index contributed by atoms with van der Waals surface area (Å²) in [5.74, 6) is 1.01. The average molecular weight is 398 g/mol. The van der Waals surface area contributed by atoms with Crippen LogP contribution in [-0.2, 0) is 4.79 Å². The van der Waals surface area contributed by atoms with Crippen LogP contribution in [0.5, 0.6) is 5.75 Å². The van der Waals surface area contributed by atoms with Gasteiger partial charge in [-0.1, -0.05) is 41.9 Å². The Kier molecular flexibility index (Phi) is 4.83. The van der Waals surface area contributed by atoms with Gasteiger partial charge in [0.15, 0.2) is 11.6 Å². The Labute approximate surface area is 165 Å². The molecule has 0 bridgehead atoms. The molecule has 5 nitrogen and oxygen atoms in total. The maximum atomic E-state index is 12.5. The molecule has 1 amide bonds. The van der Waals surface area contributed by atoms with Gasteiger partial charge in [0, 0.05) is 22.2 Å². The highest BCUT2D eigenvalue weighted by Crippen LogP contribution is 2.30. The third kappa shape index (κ3) is 3.67. The third-order valence-electron chi connectivity index (χ3n) is 4.06. The van der Waals surface area contributed by atoms with E-state index in [9.17, 15) is 4.79 Å². The van der Waals surface area contributed by atoms with Gasteiger partial charge in [-0.3, -0.25) is 9.20 Å². The quantitative estimate of drug-likeness (QED) is 0.513. The highest BCUT2D eigenvalue weighted by Gasteiger charge is 2.17. The molecule has 0 saturated heterocycles. The van der Waals surface area contributed by atoms with Crippen LogP contribution in [0.25, 0.3) is 16.2 Å². The van der Waals surface area contributed by atoms with Gasteiger partial charge in [-0.15, -0.1) is 11.3 Å². The number of amides is 1. The van der Waals surface area contributed by atoms with E-state index < -0.39 is 0 Å². The molecular formula is C20H16ClN3O2S. The van der Waals surface area contributed by atoms with Crippen LogP contribution in [0.4, 0.5) is 5.82 Å². The summed E-state index contributed by atoms with van der Waals surface area (Å²) in [5.41, 5.74) is 2.56. The van der Waals surface area contributed by atoms with Crippen molar-refractivity contribution in [3.05, 3.63) is 70.7 Å². The van der Waals surface area contributed by atoms with Crippen molar-refractivity contribution in [2.45, 2.75) is 6.92 Å². The zero-order valence-electron chi connectivity index (χ0n) is 14.5. The lowest BCUT2D eigenvalue weighted by Gasteiger charge is -2.10. The number of carbonyl (C=O) groups is 1. The zero-order valence-corrected chi connectivity index (χ0v) is 16.1. The Morgan fingerprint density at radius 1 is 1.26 bits per heavy atom. The summed E-state index contributed by atoms with van der Waals surface area (Å²) in [7, 11) is 0. The van der Waals surface area contributed by atoms with Crippen LogP contribution >= 0.6 is 22.9 Å². The molecule has 2 aromatic carbocycles. The topological polar surface area (TPSA) is 55.6 Å². The molecular weight excluding hydrogens is 382 g/mol. The molecule has 0 aliphatic rings. The number of imidazole rings is 1. The summed E-state index contributed by atoms with van der Waals surface area (Å²) >= 11 is 7.47. The van der Waals surface area contributed by atoms with Crippen molar-refractivity contribution in [1.82, 2.24) is 9.38 Å². The van der Waals surface area contributed by atoms with Gasteiger partial charge >= 0.3 is 0 Å². The number of nitrogens with zero attached hydrogens (tertiary/aromatic N) is 2. The minimum absolute atomic E-state index is 0.103. The first-order chi connectivity index (χ1) is 13.1. The minimum atomic E-state index is -0.255. The number of nitrogens with one attached hydrogen (secondary N) is 1. The van der Waals surface area contributed by atoms with Crippen LogP contribution in [0.2, 0.25) is 5.02 Å². The van der Waals surface area contributed by atoms with Crippen molar-refractivity contribution in [1.29, 1.82) is 0 Å². The molecule has 1 N–H and O–H groups in total. The van der Waals surface area contributed by atoms with E-state index in [0.29, 0.717) is 16.6 Å². The van der Waals surface area contributed by atoms with Crippen LogP contribution in [0.1, 0.15) is 5.56 Å². The number of aromatic nitrogens is 2. The summed E-state index contributed by atoms with van der Waals surface area (Å²) in [4.78, 5) is 18.0. The number of carbonyl (C=O) groups excluding carboxylic acids is 1. The highest BCUT2D eigenvalue weighted by atomic mass is 35.5. The molecule has 136 valence electrons. The van der Waals surface area contributed by atoms with Crippen molar-refractivity contribution in [3.8, 4) is 17.0 Å². The SMILES string of the molecule is Cc1cc(Cl)ccc1OCC(=O)Nc1c(-c2ccccc2)nc2sccn12. The predicted molar refractivity (Wildman–Crippen MR) is 109 cm³/mol. The van der Waals surface area contributed by atoms with Crippen molar-refractivity contribution >= 4 is 39.6 Å². The van der Waals surface area contributed by atoms with E-state index in [2.05, 4.69) is 10.3 Å². The second kappa shape index (κ2) is 7.42. The molecule has 0 aliphatic heterocycles. The molecule has 0 atom stereocenters. The van der Waals surface area contributed by atoms with E-state index in [1.807, 2.05) is 53.2 Å². The lowest BCUT2D eigenvalue weighted by atomic mass is 10.1. The summed E-state index contributed by atoms with van der Waals surface area (Å²) in [6.07, 6.45) is 1.89. The fraction of sp³-hybridized carbons (Fsp3) is 0.100. The lowest BCUT2D eigenvalue weighted by molar-refractivity contribution is -0.118. The molecule has 0 aliphatic carbocycles. The largest absolute Gasteiger partial charge is 0.483 e. The zero-order chi connectivity index (χ0) is 18.8. The van der Waals surface area contributed by atoms with Crippen molar-refractivity contribution in [2.24, 2.45) is 0 Å². The van der Waals surface area contributed by atoms with Gasteiger partial charge < -0.3 is 10.1 Å². The van der Waals surface area contributed by atoms with Gasteiger partial charge in [0.2, 0.25) is 0 Å². The summed E-state index contributed by atoms with van der Waals surface area (Å²) in [6.45, 7) is 1.78. The van der Waals surface area contributed by atoms with Crippen LogP contribution in [0.3, 0.4) is 0 Å². The first-order valence-electron chi connectivity index (χ1n) is 8.31. The number of halogens is 1. The van der Waals surface area contributed by atoms with E-state index in [0.717, 1.165) is 21.8 Å². The van der Waals surface area contributed by atoms with Crippen molar-refractivity contribution in [3.63, 3.8) is 0 Å². The summed E-state index contributed by atoms with van der Waals surface area (Å²) in [6, 6.07) is 15.1. The number of anilines is 1. The Morgan fingerprint density at radius 2 is 2.07 bits per heavy atom. The van der Waals surface area contributed by atoms with Gasteiger partial charge in [-0.25, -0.2) is 4.98 Å². The van der Waals surface area contributed by atoms with Gasteiger partial charge in [-0.05, 0) is 30.7 Å². The molecule has 0 spiro atoms. The fourth-order valence-corrected chi connectivity index (χ4v) is 3.73. The lowest BCUT2D eigenvalue weighted by Crippen LogP contribution is -2.21. The Balaban J connectivity index is 1.56. The summed E-state index contributed by atoms with van der Waals surface area (Å²) in [5, 5.41) is 5.50. The minimum Gasteiger partial charge on any atom is -0.483 e. The molecule has 2 heterocycles. The third-order valence-corrected chi connectivity index (χ3v) is 5.05. The maximum absolute atomic E-state index is 12.5. The van der Waals surface area contributed by atoms with Gasteiger partial charge in [0.1, 0.15) is 17.3 Å². The van der Waals surface area contributed by atoms with Crippen LogP contribution in [0.15, 0.2) is 60.1 Å². The number of hydrogen-bond donors (Lipinski definition) is 1. The molecule has 0 saturated carbocycles. The predicted octanol–water partition coefficient (Wildman–Crippen LogP) is 5.04. The monoisotopic (exact) mass is 397 g/mol. The van der Waals surface area contributed by atoms with E-state index in [1.54, 1.807) is 18.2 Å². The molecule has 27 heavy (non-hydrogen) atoms. The van der Waals surface area contributed by atoms with Crippen LogP contribution in [-0.4, -0.2) is 21.9 Å². The first kappa shape index (κ1) is 17.6. The molecule has 7 heteroatoms. The van der Waals surface area contributed by atoms with E-state index in [-0.39, 0.29) is 12.5 Å². The smallest absolute Gasteiger partial charge is 0.263 e. The standard InChI is InChI=1S/C20H16ClN3O2S/c1-13-11-15(21)7-8-16(13)26-12-17(25)22-19-18(14-5-3-2-4-6-14)23-20-24(19)9-10-27-20/h2-11H,12H2,1H3,(H,22,25). The Hall–Kier alpha value is -2.83. The number of fused-ring (bicyclic) bond motifs is 1. The fourth-order valence-electron chi connectivity index (χ4n) is 2.79. The van der Waals surface area contributed by atoms with Crippen molar-refractivity contribution in [2.75, 3.05) is 11.9 Å². The highest BCUT2D eigenvalue weighted by molar-refractivity contribution is 7.15. The van der Waals surface area contributed by atoms with E-state index in [1.165, 1.54) is 11.3 Å². The van der Waals surface area contributed by atoms with Crippen molar-refractivity contribution < 1.29 is 9.53 Å². The van der Waals surface area contributed by atoms with Gasteiger partial charge in [-0.2, -0.15) is 0 Å². The molecule has 0 radical (unpaired) electrons. The normalized spacial score (nSPS) is 10.9. The Bertz CT molecular complexity index is 1110. The van der Waals surface area contributed by atoms with Crippen LogP contribution in [0, 0.1) is 6.92 Å². The molecule has 0 unspecified atom stereocenters. The second-order valence-corrected chi connectivity index (χ2v) is 7.29. The maximum Gasteiger partial charge on any atom is 0.263 e. The molecule has 4 aromatic rings. The van der Waals surface area contributed by atoms with Crippen LogP contribution < -0.4 is 10.1 Å². The Morgan fingerprint density at radius 3 is 2.85 bits per heavy atom. The molecule has 2 aromatic heterocycles. The molecule has 4 rings (SSSR count). The van der Waals surface area contributed by atoms with E-state index >= 15 is 0 Å². The second-order valence-electron chi connectivity index (χ2n) is 5.98.